The van der Waals surface area contributed by atoms with E-state index in [0.717, 1.165) is 10.2 Å². The average molecular weight is 277 g/mol. The van der Waals surface area contributed by atoms with Gasteiger partial charge in [-0.25, -0.2) is 0 Å². The Morgan fingerprint density at radius 3 is 2.74 bits per heavy atom. The van der Waals surface area contributed by atoms with Crippen LogP contribution in [0.15, 0.2) is 23.7 Å². The molecule has 0 amide bonds. The van der Waals surface area contributed by atoms with Crippen molar-refractivity contribution in [2.45, 2.75) is 13.8 Å². The topological polar surface area (TPSA) is 56.3 Å². The van der Waals surface area contributed by atoms with Crippen LogP contribution in [0.2, 0.25) is 0 Å². The van der Waals surface area contributed by atoms with Gasteiger partial charge in [0.05, 0.1) is 17.3 Å². The second-order valence-electron chi connectivity index (χ2n) is 4.64. The van der Waals surface area contributed by atoms with E-state index < -0.39 is 11.9 Å². The molecule has 1 atom stereocenters. The molecule has 100 valence electrons. The molecule has 0 aliphatic heterocycles. The van der Waals surface area contributed by atoms with Crippen LogP contribution in [0.5, 0.6) is 0 Å². The van der Waals surface area contributed by atoms with Crippen molar-refractivity contribution in [3.8, 4) is 0 Å². The van der Waals surface area contributed by atoms with Gasteiger partial charge in [-0.05, 0) is 23.4 Å². The number of thiophene rings is 1. The second-order valence-corrected chi connectivity index (χ2v) is 5.58. The molecule has 1 unspecified atom stereocenters. The summed E-state index contributed by atoms with van der Waals surface area (Å²) in [6, 6.07) is 3.68. The SMILES string of the molecule is COC(=O)C(C(=O)c1cnc2ccsc2c1)C(C)C. The van der Waals surface area contributed by atoms with Crippen LogP contribution in [0.1, 0.15) is 24.2 Å². The Hall–Kier alpha value is -1.75. The summed E-state index contributed by atoms with van der Waals surface area (Å²) in [7, 11) is 1.30. The molecule has 0 aliphatic rings. The van der Waals surface area contributed by atoms with Gasteiger partial charge in [0.15, 0.2) is 5.78 Å². The molecule has 2 aromatic heterocycles. The van der Waals surface area contributed by atoms with E-state index in [-0.39, 0.29) is 11.7 Å². The predicted octanol–water partition coefficient (Wildman–Crippen LogP) is 2.92. The van der Waals surface area contributed by atoms with Gasteiger partial charge in [0, 0.05) is 11.8 Å². The number of hydrogen-bond donors (Lipinski definition) is 0. The minimum absolute atomic E-state index is 0.112. The summed E-state index contributed by atoms with van der Waals surface area (Å²) in [5, 5.41) is 1.92. The Kier molecular flexibility index (Phi) is 3.95. The first-order valence-electron chi connectivity index (χ1n) is 6.00. The van der Waals surface area contributed by atoms with Crippen molar-refractivity contribution in [2.75, 3.05) is 7.11 Å². The zero-order valence-corrected chi connectivity index (χ0v) is 11.9. The van der Waals surface area contributed by atoms with Crippen LogP contribution >= 0.6 is 11.3 Å². The lowest BCUT2D eigenvalue weighted by atomic mass is 9.88. The molecule has 2 heterocycles. The first kappa shape index (κ1) is 13.7. The van der Waals surface area contributed by atoms with Gasteiger partial charge in [0.25, 0.3) is 0 Å². The van der Waals surface area contributed by atoms with E-state index in [4.69, 9.17) is 4.74 Å². The largest absolute Gasteiger partial charge is 0.468 e. The maximum absolute atomic E-state index is 12.4. The summed E-state index contributed by atoms with van der Waals surface area (Å²) < 4.78 is 5.65. The number of fused-ring (bicyclic) bond motifs is 1. The van der Waals surface area contributed by atoms with Crippen molar-refractivity contribution in [3.63, 3.8) is 0 Å². The third-order valence-corrected chi connectivity index (χ3v) is 3.84. The van der Waals surface area contributed by atoms with Gasteiger partial charge in [0.1, 0.15) is 5.92 Å². The van der Waals surface area contributed by atoms with Crippen LogP contribution in [0, 0.1) is 11.8 Å². The molecule has 4 nitrogen and oxygen atoms in total. The quantitative estimate of drug-likeness (QED) is 0.490. The zero-order chi connectivity index (χ0) is 14.0. The number of nitrogens with zero attached hydrogens (tertiary/aromatic N) is 1. The highest BCUT2D eigenvalue weighted by Crippen LogP contribution is 2.23. The number of aromatic nitrogens is 1. The van der Waals surface area contributed by atoms with Crippen molar-refractivity contribution in [2.24, 2.45) is 11.8 Å². The van der Waals surface area contributed by atoms with Crippen LogP contribution in [0.4, 0.5) is 0 Å². The average Bonchev–Trinajstić information content (AvgIpc) is 2.85. The van der Waals surface area contributed by atoms with E-state index in [2.05, 4.69) is 4.98 Å². The van der Waals surface area contributed by atoms with Crippen molar-refractivity contribution in [1.82, 2.24) is 4.98 Å². The molecule has 19 heavy (non-hydrogen) atoms. The molecule has 0 aromatic carbocycles. The highest BCUT2D eigenvalue weighted by atomic mass is 32.1. The molecule has 2 rings (SSSR count). The van der Waals surface area contributed by atoms with E-state index in [1.165, 1.54) is 24.6 Å². The molecule has 2 aromatic rings. The van der Waals surface area contributed by atoms with Crippen molar-refractivity contribution >= 4 is 33.3 Å². The van der Waals surface area contributed by atoms with Gasteiger partial charge in [-0.15, -0.1) is 11.3 Å². The van der Waals surface area contributed by atoms with E-state index in [9.17, 15) is 9.59 Å². The fourth-order valence-corrected chi connectivity index (χ4v) is 2.75. The van der Waals surface area contributed by atoms with Gasteiger partial charge < -0.3 is 4.74 Å². The minimum atomic E-state index is -0.774. The third-order valence-electron chi connectivity index (χ3n) is 2.99. The number of methoxy groups -OCH3 is 1. The maximum Gasteiger partial charge on any atom is 0.316 e. The number of Topliss-reactive ketones (excluding diaryl/α,β-unsaturated/α-hetero) is 1. The fourth-order valence-electron chi connectivity index (χ4n) is 1.97. The summed E-state index contributed by atoms with van der Waals surface area (Å²) in [4.78, 5) is 28.4. The Labute approximate surface area is 115 Å². The monoisotopic (exact) mass is 277 g/mol. The number of ether oxygens (including phenoxy) is 1. The molecule has 0 radical (unpaired) electrons. The predicted molar refractivity (Wildman–Crippen MR) is 74.3 cm³/mol. The number of pyridine rings is 1. The molecule has 0 N–H and O–H groups in total. The van der Waals surface area contributed by atoms with E-state index in [1.807, 2.05) is 25.3 Å². The summed E-state index contributed by atoms with van der Waals surface area (Å²) in [6.07, 6.45) is 1.52. The van der Waals surface area contributed by atoms with Crippen molar-refractivity contribution < 1.29 is 14.3 Å². The molecular weight excluding hydrogens is 262 g/mol. The summed E-state index contributed by atoms with van der Waals surface area (Å²) in [6.45, 7) is 3.66. The van der Waals surface area contributed by atoms with Crippen LogP contribution in [-0.4, -0.2) is 23.8 Å². The van der Waals surface area contributed by atoms with E-state index in [0.29, 0.717) is 5.56 Å². The van der Waals surface area contributed by atoms with Crippen LogP contribution < -0.4 is 0 Å². The Bertz CT molecular complexity index is 618. The van der Waals surface area contributed by atoms with Crippen molar-refractivity contribution in [3.05, 3.63) is 29.3 Å². The summed E-state index contributed by atoms with van der Waals surface area (Å²) in [5.41, 5.74) is 1.32. The van der Waals surface area contributed by atoms with Gasteiger partial charge in [-0.2, -0.15) is 0 Å². The van der Waals surface area contributed by atoms with Gasteiger partial charge in [-0.3, -0.25) is 14.6 Å². The Balaban J connectivity index is 2.37. The fraction of sp³-hybridized carbons (Fsp3) is 0.357. The van der Waals surface area contributed by atoms with Gasteiger partial charge in [0.2, 0.25) is 0 Å². The molecule has 0 aliphatic carbocycles. The molecular formula is C14H15NO3S. The van der Waals surface area contributed by atoms with Crippen LogP contribution in [-0.2, 0) is 9.53 Å². The number of rotatable bonds is 4. The Morgan fingerprint density at radius 2 is 2.11 bits per heavy atom. The first-order valence-corrected chi connectivity index (χ1v) is 6.88. The maximum atomic E-state index is 12.4. The van der Waals surface area contributed by atoms with Gasteiger partial charge in [-0.1, -0.05) is 13.8 Å². The lowest BCUT2D eigenvalue weighted by Crippen LogP contribution is -2.30. The van der Waals surface area contributed by atoms with Gasteiger partial charge >= 0.3 is 5.97 Å². The van der Waals surface area contributed by atoms with Crippen LogP contribution in [0.3, 0.4) is 0 Å². The highest BCUT2D eigenvalue weighted by molar-refractivity contribution is 7.17. The number of carbonyl (C=O) groups is 2. The Morgan fingerprint density at radius 1 is 1.37 bits per heavy atom. The lowest BCUT2D eigenvalue weighted by Gasteiger charge is -2.16. The number of ketones is 1. The summed E-state index contributed by atoms with van der Waals surface area (Å²) in [5.74, 6) is -1.61. The first-order chi connectivity index (χ1) is 9.04. The highest BCUT2D eigenvalue weighted by Gasteiger charge is 2.31. The molecule has 0 saturated carbocycles. The third kappa shape index (κ3) is 2.66. The van der Waals surface area contributed by atoms with Crippen LogP contribution in [0.25, 0.3) is 10.2 Å². The minimum Gasteiger partial charge on any atom is -0.468 e. The molecule has 5 heteroatoms. The zero-order valence-electron chi connectivity index (χ0n) is 11.0. The number of hydrogen-bond acceptors (Lipinski definition) is 5. The molecule has 0 spiro atoms. The molecule has 0 saturated heterocycles. The normalized spacial score (nSPS) is 12.6. The van der Waals surface area contributed by atoms with Crippen molar-refractivity contribution in [1.29, 1.82) is 0 Å². The molecule has 0 fully saturated rings. The lowest BCUT2D eigenvalue weighted by molar-refractivity contribution is -0.144. The molecule has 0 bridgehead atoms. The summed E-state index contributed by atoms with van der Waals surface area (Å²) >= 11 is 1.52. The standard InChI is InChI=1S/C14H15NO3S/c1-8(2)12(14(17)18-3)13(16)9-6-11-10(15-7-9)4-5-19-11/h4-8,12H,1-3H3. The van der Waals surface area contributed by atoms with E-state index >= 15 is 0 Å². The number of esters is 1. The number of carbonyl (C=O) groups excluding carboxylic acids is 2. The van der Waals surface area contributed by atoms with E-state index in [1.54, 1.807) is 6.07 Å². The smallest absolute Gasteiger partial charge is 0.316 e. The second kappa shape index (κ2) is 5.48.